The van der Waals surface area contributed by atoms with Gasteiger partial charge < -0.3 is 20.1 Å². The Morgan fingerprint density at radius 2 is 1.95 bits per heavy atom. The number of carbonyl (C=O) groups excluding carboxylic acids is 1. The third kappa shape index (κ3) is 3.22. The minimum absolute atomic E-state index is 0.0139. The molecule has 1 fully saturated rings. The van der Waals surface area contributed by atoms with Crippen LogP contribution in [0.4, 0.5) is 5.69 Å². The van der Waals surface area contributed by atoms with Crippen LogP contribution in [-0.2, 0) is 4.79 Å². The number of benzene rings is 1. The number of aryl methyl sites for hydroxylation is 1. The number of methoxy groups -OCH3 is 2. The van der Waals surface area contributed by atoms with E-state index in [4.69, 9.17) is 9.47 Å². The maximum Gasteiger partial charge on any atom is 0.241 e. The summed E-state index contributed by atoms with van der Waals surface area (Å²) in [6, 6.07) is 3.56. The van der Waals surface area contributed by atoms with Gasteiger partial charge in [0.2, 0.25) is 5.91 Å². The fourth-order valence-corrected chi connectivity index (χ4v) is 2.41. The standard InChI is InChI=1S/C15H22N2O3/c1-10-8-13(19-2)14(20-3)9-12(10)17-15(18)11-6-4-5-7-16-11/h8-9,11,16H,4-7H2,1-3H3,(H,17,18)/t11-/m0/s1. The third-order valence-corrected chi connectivity index (χ3v) is 3.62. The highest BCUT2D eigenvalue weighted by molar-refractivity contribution is 5.95. The molecule has 0 aliphatic carbocycles. The van der Waals surface area contributed by atoms with Gasteiger partial charge in [-0.15, -0.1) is 0 Å². The van der Waals surface area contributed by atoms with E-state index in [1.807, 2.05) is 13.0 Å². The molecule has 0 aromatic heterocycles. The molecule has 5 nitrogen and oxygen atoms in total. The summed E-state index contributed by atoms with van der Waals surface area (Å²) in [4.78, 5) is 12.2. The molecule has 1 aliphatic heterocycles. The second-order valence-corrected chi connectivity index (χ2v) is 5.01. The van der Waals surface area contributed by atoms with Gasteiger partial charge in [-0.25, -0.2) is 0 Å². The topological polar surface area (TPSA) is 59.6 Å². The Morgan fingerprint density at radius 3 is 2.55 bits per heavy atom. The van der Waals surface area contributed by atoms with Gasteiger partial charge in [-0.2, -0.15) is 0 Å². The van der Waals surface area contributed by atoms with Crippen molar-refractivity contribution in [3.63, 3.8) is 0 Å². The van der Waals surface area contributed by atoms with Crippen LogP contribution in [0.15, 0.2) is 12.1 Å². The molecule has 1 aromatic carbocycles. The molecule has 110 valence electrons. The lowest BCUT2D eigenvalue weighted by Gasteiger charge is -2.23. The largest absolute Gasteiger partial charge is 0.493 e. The van der Waals surface area contributed by atoms with Crippen molar-refractivity contribution in [2.24, 2.45) is 0 Å². The van der Waals surface area contributed by atoms with Gasteiger partial charge in [0.05, 0.1) is 20.3 Å². The molecule has 1 amide bonds. The van der Waals surface area contributed by atoms with E-state index in [1.54, 1.807) is 20.3 Å². The SMILES string of the molecule is COc1cc(C)c(NC(=O)[C@@H]2CCCCN2)cc1OC. The summed E-state index contributed by atoms with van der Waals surface area (Å²) in [6.07, 6.45) is 3.12. The number of nitrogens with one attached hydrogen (secondary N) is 2. The Labute approximate surface area is 119 Å². The predicted molar refractivity (Wildman–Crippen MR) is 78.6 cm³/mol. The average molecular weight is 278 g/mol. The number of hydrogen-bond acceptors (Lipinski definition) is 4. The van der Waals surface area contributed by atoms with E-state index in [1.165, 1.54) is 0 Å². The van der Waals surface area contributed by atoms with E-state index in [9.17, 15) is 4.79 Å². The predicted octanol–water partition coefficient (Wildman–Crippen LogP) is 2.09. The lowest BCUT2D eigenvalue weighted by molar-refractivity contribution is -0.118. The molecular formula is C15H22N2O3. The van der Waals surface area contributed by atoms with E-state index < -0.39 is 0 Å². The Bertz CT molecular complexity index is 482. The zero-order chi connectivity index (χ0) is 14.5. The highest BCUT2D eigenvalue weighted by atomic mass is 16.5. The lowest BCUT2D eigenvalue weighted by Crippen LogP contribution is -2.43. The van der Waals surface area contributed by atoms with Crippen molar-refractivity contribution in [2.45, 2.75) is 32.2 Å². The van der Waals surface area contributed by atoms with Crippen molar-refractivity contribution in [3.8, 4) is 11.5 Å². The first kappa shape index (κ1) is 14.7. The fourth-order valence-electron chi connectivity index (χ4n) is 2.41. The Kier molecular flexibility index (Phi) is 4.84. The summed E-state index contributed by atoms with van der Waals surface area (Å²) in [7, 11) is 3.18. The number of rotatable bonds is 4. The number of amides is 1. The number of carbonyl (C=O) groups is 1. The van der Waals surface area contributed by atoms with Crippen LogP contribution in [0.3, 0.4) is 0 Å². The van der Waals surface area contributed by atoms with Crippen molar-refractivity contribution in [1.29, 1.82) is 0 Å². The smallest absolute Gasteiger partial charge is 0.241 e. The zero-order valence-corrected chi connectivity index (χ0v) is 12.3. The number of hydrogen-bond donors (Lipinski definition) is 2. The van der Waals surface area contributed by atoms with E-state index in [0.717, 1.165) is 37.1 Å². The summed E-state index contributed by atoms with van der Waals surface area (Å²) >= 11 is 0. The number of ether oxygens (including phenoxy) is 2. The Hall–Kier alpha value is -1.75. The summed E-state index contributed by atoms with van der Waals surface area (Å²) in [5, 5.41) is 6.21. The van der Waals surface area contributed by atoms with Crippen LogP contribution >= 0.6 is 0 Å². The monoisotopic (exact) mass is 278 g/mol. The zero-order valence-electron chi connectivity index (χ0n) is 12.3. The van der Waals surface area contributed by atoms with Crippen molar-refractivity contribution >= 4 is 11.6 Å². The molecule has 20 heavy (non-hydrogen) atoms. The van der Waals surface area contributed by atoms with E-state index in [0.29, 0.717) is 11.5 Å². The molecule has 2 N–H and O–H groups in total. The highest BCUT2D eigenvalue weighted by Crippen LogP contribution is 2.33. The summed E-state index contributed by atoms with van der Waals surface area (Å²) in [5.74, 6) is 1.30. The van der Waals surface area contributed by atoms with Gasteiger partial charge in [0.15, 0.2) is 11.5 Å². The van der Waals surface area contributed by atoms with Crippen LogP contribution in [0.2, 0.25) is 0 Å². The molecule has 5 heteroatoms. The maximum absolute atomic E-state index is 12.2. The quantitative estimate of drug-likeness (QED) is 0.885. The van der Waals surface area contributed by atoms with Crippen LogP contribution < -0.4 is 20.1 Å². The Morgan fingerprint density at radius 1 is 1.25 bits per heavy atom. The molecule has 0 unspecified atom stereocenters. The van der Waals surface area contributed by atoms with E-state index in [-0.39, 0.29) is 11.9 Å². The van der Waals surface area contributed by atoms with Gasteiger partial charge in [-0.1, -0.05) is 6.42 Å². The van der Waals surface area contributed by atoms with Crippen molar-refractivity contribution in [2.75, 3.05) is 26.1 Å². The molecule has 1 aromatic rings. The van der Waals surface area contributed by atoms with Gasteiger partial charge >= 0.3 is 0 Å². The molecule has 1 saturated heterocycles. The molecule has 0 spiro atoms. The maximum atomic E-state index is 12.2. The van der Waals surface area contributed by atoms with Crippen molar-refractivity contribution < 1.29 is 14.3 Å². The normalized spacial score (nSPS) is 18.4. The van der Waals surface area contributed by atoms with E-state index in [2.05, 4.69) is 10.6 Å². The fraction of sp³-hybridized carbons (Fsp3) is 0.533. The Balaban J connectivity index is 2.13. The second kappa shape index (κ2) is 6.61. The molecule has 1 aliphatic rings. The molecule has 2 rings (SSSR count). The molecule has 0 bridgehead atoms. The minimum atomic E-state index is -0.101. The summed E-state index contributed by atoms with van der Waals surface area (Å²) in [6.45, 7) is 2.84. The lowest BCUT2D eigenvalue weighted by atomic mass is 10.0. The minimum Gasteiger partial charge on any atom is -0.493 e. The van der Waals surface area contributed by atoms with Gasteiger partial charge in [-0.05, 0) is 37.9 Å². The van der Waals surface area contributed by atoms with Crippen LogP contribution in [-0.4, -0.2) is 32.7 Å². The van der Waals surface area contributed by atoms with Crippen molar-refractivity contribution in [1.82, 2.24) is 5.32 Å². The number of anilines is 1. The molecule has 1 atom stereocenters. The van der Waals surface area contributed by atoms with Gasteiger partial charge in [-0.3, -0.25) is 4.79 Å². The van der Waals surface area contributed by atoms with Crippen molar-refractivity contribution in [3.05, 3.63) is 17.7 Å². The molecule has 0 radical (unpaired) electrons. The first-order chi connectivity index (χ1) is 9.65. The average Bonchev–Trinajstić information content (AvgIpc) is 2.49. The van der Waals surface area contributed by atoms with Crippen LogP contribution in [0.25, 0.3) is 0 Å². The van der Waals surface area contributed by atoms with Crippen LogP contribution in [0.1, 0.15) is 24.8 Å². The molecule has 0 saturated carbocycles. The first-order valence-corrected chi connectivity index (χ1v) is 6.92. The van der Waals surface area contributed by atoms with Crippen LogP contribution in [0.5, 0.6) is 11.5 Å². The van der Waals surface area contributed by atoms with Gasteiger partial charge in [0.25, 0.3) is 0 Å². The van der Waals surface area contributed by atoms with E-state index >= 15 is 0 Å². The third-order valence-electron chi connectivity index (χ3n) is 3.62. The number of piperidine rings is 1. The summed E-state index contributed by atoms with van der Waals surface area (Å²) < 4.78 is 10.5. The summed E-state index contributed by atoms with van der Waals surface area (Å²) in [5.41, 5.74) is 1.71. The van der Waals surface area contributed by atoms with Crippen LogP contribution in [0, 0.1) is 6.92 Å². The highest BCUT2D eigenvalue weighted by Gasteiger charge is 2.21. The molecule has 1 heterocycles. The first-order valence-electron chi connectivity index (χ1n) is 6.92. The van der Waals surface area contributed by atoms with Gasteiger partial charge in [0, 0.05) is 11.8 Å². The van der Waals surface area contributed by atoms with Gasteiger partial charge in [0.1, 0.15) is 0 Å². The molecular weight excluding hydrogens is 256 g/mol. The second-order valence-electron chi connectivity index (χ2n) is 5.01.